The SMILES string of the molecule is C=CCN(Cc1ccccc1)C(=O)[C@@H]1[C@@H]2CCC3(O2)C(C(=O)N(CC=C)c2c(C)cccc2Cl)N([C@@H](CO)C(C)C)C(=O)[C@H]13. The van der Waals surface area contributed by atoms with E-state index in [-0.39, 0.29) is 36.8 Å². The van der Waals surface area contributed by atoms with E-state index in [0.29, 0.717) is 36.6 Å². The minimum absolute atomic E-state index is 0.157. The maximum atomic E-state index is 14.9. The Morgan fingerprint density at radius 1 is 1.11 bits per heavy atom. The highest BCUT2D eigenvalue weighted by atomic mass is 35.5. The Hall–Kier alpha value is -3.46. The number of carbonyl (C=O) groups excluding carboxylic acids is 3. The summed E-state index contributed by atoms with van der Waals surface area (Å²) in [5.41, 5.74) is 1.08. The quantitative estimate of drug-likeness (QED) is 0.346. The summed E-state index contributed by atoms with van der Waals surface area (Å²) < 4.78 is 6.71. The van der Waals surface area contributed by atoms with Gasteiger partial charge < -0.3 is 24.5 Å². The Kier molecular flexibility index (Phi) is 9.35. The summed E-state index contributed by atoms with van der Waals surface area (Å²) in [6, 6.07) is 13.4. The van der Waals surface area contributed by atoms with Gasteiger partial charge in [0.05, 0.1) is 41.3 Å². The number of halogens is 1. The van der Waals surface area contributed by atoms with E-state index in [2.05, 4.69) is 13.2 Å². The molecule has 0 radical (unpaired) electrons. The van der Waals surface area contributed by atoms with Crippen LogP contribution in [0.2, 0.25) is 5.02 Å². The van der Waals surface area contributed by atoms with Gasteiger partial charge in [-0.2, -0.15) is 0 Å². The van der Waals surface area contributed by atoms with E-state index in [1.54, 1.807) is 28.0 Å². The Morgan fingerprint density at radius 3 is 2.43 bits per heavy atom. The van der Waals surface area contributed by atoms with Crippen LogP contribution in [0.1, 0.15) is 37.8 Å². The number of aryl methyl sites for hydroxylation is 1. The fourth-order valence-corrected chi connectivity index (χ4v) is 7.89. The molecule has 3 amide bonds. The Labute approximate surface area is 264 Å². The molecule has 1 N–H and O–H groups in total. The van der Waals surface area contributed by atoms with Gasteiger partial charge >= 0.3 is 0 Å². The van der Waals surface area contributed by atoms with Crippen LogP contribution in [0.3, 0.4) is 0 Å². The van der Waals surface area contributed by atoms with Crippen molar-refractivity contribution in [3.05, 3.63) is 90.0 Å². The van der Waals surface area contributed by atoms with Gasteiger partial charge in [0.2, 0.25) is 11.8 Å². The average molecular weight is 620 g/mol. The number of nitrogens with zero attached hydrogens (tertiary/aromatic N) is 3. The smallest absolute Gasteiger partial charge is 0.253 e. The minimum atomic E-state index is -1.22. The Balaban J connectivity index is 1.59. The molecule has 2 unspecified atom stereocenters. The molecule has 9 heteroatoms. The molecule has 3 saturated heterocycles. The van der Waals surface area contributed by atoms with Crippen LogP contribution < -0.4 is 4.90 Å². The molecule has 2 aromatic carbocycles. The van der Waals surface area contributed by atoms with Gasteiger partial charge in [0.25, 0.3) is 5.91 Å². The third-order valence-corrected chi connectivity index (χ3v) is 9.79. The molecule has 8 nitrogen and oxygen atoms in total. The van der Waals surface area contributed by atoms with Crippen LogP contribution in [0.5, 0.6) is 0 Å². The standard InChI is InChI=1S/C35H42ClN3O5/c1-6-18-37(20-24-13-9-8-10-14-24)32(41)28-27-16-17-35(44-27)29(28)33(42)39(26(21-40)22(3)4)31(35)34(43)38(19-7-2)30-23(5)12-11-15-25(30)36/h6-15,22,26-29,31,40H,1-2,16-21H2,3-5H3/t26-,27-,28+,29-,31?,35?/m0/s1. The van der Waals surface area contributed by atoms with Crippen molar-refractivity contribution in [1.29, 1.82) is 0 Å². The highest BCUT2D eigenvalue weighted by Crippen LogP contribution is 2.59. The van der Waals surface area contributed by atoms with Gasteiger partial charge in [0.15, 0.2) is 0 Å². The maximum Gasteiger partial charge on any atom is 0.253 e. The van der Waals surface area contributed by atoms with E-state index < -0.39 is 35.6 Å². The summed E-state index contributed by atoms with van der Waals surface area (Å²) in [6.45, 7) is 13.9. The lowest BCUT2D eigenvalue weighted by Crippen LogP contribution is -2.60. The van der Waals surface area contributed by atoms with Gasteiger partial charge in [-0.05, 0) is 42.9 Å². The summed E-state index contributed by atoms with van der Waals surface area (Å²) >= 11 is 6.66. The van der Waals surface area contributed by atoms with E-state index in [4.69, 9.17) is 16.3 Å². The number of hydrogen-bond acceptors (Lipinski definition) is 5. The molecule has 0 saturated carbocycles. The summed E-state index contributed by atoms with van der Waals surface area (Å²) in [5, 5.41) is 11.0. The molecule has 3 aliphatic heterocycles. The number of fused-ring (bicyclic) bond motifs is 1. The molecule has 2 bridgehead atoms. The fourth-order valence-electron chi connectivity index (χ4n) is 7.57. The Bertz CT molecular complexity index is 1410. The topological polar surface area (TPSA) is 90.4 Å². The number of aliphatic hydroxyl groups excluding tert-OH is 1. The van der Waals surface area contributed by atoms with Crippen molar-refractivity contribution in [1.82, 2.24) is 9.80 Å². The molecule has 234 valence electrons. The van der Waals surface area contributed by atoms with Crippen LogP contribution in [-0.4, -0.2) is 76.1 Å². The number of anilines is 1. The van der Waals surface area contributed by atoms with Gasteiger partial charge in [-0.1, -0.05) is 80.1 Å². The summed E-state index contributed by atoms with van der Waals surface area (Å²) in [6.07, 6.45) is 3.80. The van der Waals surface area contributed by atoms with E-state index in [1.807, 2.05) is 63.2 Å². The number of benzene rings is 2. The zero-order valence-corrected chi connectivity index (χ0v) is 26.5. The van der Waals surface area contributed by atoms with Gasteiger partial charge in [-0.25, -0.2) is 0 Å². The number of ether oxygens (including phenoxy) is 1. The lowest BCUT2D eigenvalue weighted by molar-refractivity contribution is -0.148. The number of aliphatic hydroxyl groups is 1. The van der Waals surface area contributed by atoms with E-state index in [0.717, 1.165) is 11.1 Å². The van der Waals surface area contributed by atoms with Crippen LogP contribution >= 0.6 is 11.6 Å². The van der Waals surface area contributed by atoms with E-state index >= 15 is 0 Å². The second kappa shape index (κ2) is 12.9. The van der Waals surface area contributed by atoms with Crippen LogP contribution in [0, 0.1) is 24.7 Å². The highest BCUT2D eigenvalue weighted by Gasteiger charge is 2.75. The molecule has 2 aromatic rings. The van der Waals surface area contributed by atoms with Crippen molar-refractivity contribution < 1.29 is 24.2 Å². The molecular weight excluding hydrogens is 578 g/mol. The zero-order chi connectivity index (χ0) is 31.8. The fraction of sp³-hybridized carbons (Fsp3) is 0.457. The van der Waals surface area contributed by atoms with Gasteiger partial charge in [0.1, 0.15) is 11.6 Å². The van der Waals surface area contributed by atoms with Gasteiger partial charge in [-0.15, -0.1) is 13.2 Å². The third kappa shape index (κ3) is 5.27. The second-order valence-corrected chi connectivity index (χ2v) is 12.8. The molecule has 5 rings (SSSR count). The third-order valence-electron chi connectivity index (χ3n) is 9.48. The number of carbonyl (C=O) groups is 3. The first kappa shape index (κ1) is 31.9. The highest BCUT2D eigenvalue weighted by molar-refractivity contribution is 6.34. The van der Waals surface area contributed by atoms with Crippen LogP contribution in [-0.2, 0) is 25.7 Å². The monoisotopic (exact) mass is 619 g/mol. The van der Waals surface area contributed by atoms with E-state index in [1.165, 1.54) is 4.90 Å². The predicted molar refractivity (Wildman–Crippen MR) is 171 cm³/mol. The van der Waals surface area contributed by atoms with Crippen LogP contribution in [0.4, 0.5) is 5.69 Å². The van der Waals surface area contributed by atoms with Crippen LogP contribution in [0.15, 0.2) is 73.8 Å². The number of likely N-dealkylation sites (tertiary alicyclic amines) is 1. The van der Waals surface area contributed by atoms with Gasteiger partial charge in [0, 0.05) is 19.6 Å². The van der Waals surface area contributed by atoms with E-state index in [9.17, 15) is 19.5 Å². The molecule has 1 spiro atoms. The number of amides is 3. The van der Waals surface area contributed by atoms with Crippen molar-refractivity contribution in [2.24, 2.45) is 17.8 Å². The normalized spacial score (nSPS) is 26.0. The number of rotatable bonds is 12. The number of hydrogen-bond donors (Lipinski definition) is 1. The summed E-state index contributed by atoms with van der Waals surface area (Å²) in [7, 11) is 0. The van der Waals surface area contributed by atoms with Crippen LogP contribution in [0.25, 0.3) is 0 Å². The lowest BCUT2D eigenvalue weighted by atomic mass is 9.70. The molecule has 0 aliphatic carbocycles. The van der Waals surface area contributed by atoms with Crippen molar-refractivity contribution in [3.63, 3.8) is 0 Å². The maximum absolute atomic E-state index is 14.9. The summed E-state index contributed by atoms with van der Waals surface area (Å²) in [5.74, 6) is -2.67. The summed E-state index contributed by atoms with van der Waals surface area (Å²) in [4.78, 5) is 48.7. The van der Waals surface area contributed by atoms with Crippen molar-refractivity contribution in [3.8, 4) is 0 Å². The molecule has 3 aliphatic rings. The van der Waals surface area contributed by atoms with Gasteiger partial charge in [-0.3, -0.25) is 14.4 Å². The largest absolute Gasteiger partial charge is 0.394 e. The second-order valence-electron chi connectivity index (χ2n) is 12.4. The minimum Gasteiger partial charge on any atom is -0.394 e. The van der Waals surface area contributed by atoms with Crippen molar-refractivity contribution >= 4 is 35.0 Å². The lowest BCUT2D eigenvalue weighted by Gasteiger charge is -2.40. The first-order chi connectivity index (χ1) is 21.1. The molecule has 3 fully saturated rings. The predicted octanol–water partition coefficient (Wildman–Crippen LogP) is 4.77. The first-order valence-corrected chi connectivity index (χ1v) is 15.7. The average Bonchev–Trinajstić information content (AvgIpc) is 3.64. The first-order valence-electron chi connectivity index (χ1n) is 15.3. The Morgan fingerprint density at radius 2 is 1.82 bits per heavy atom. The molecular formula is C35H42ClN3O5. The molecule has 44 heavy (non-hydrogen) atoms. The molecule has 6 atom stereocenters. The molecule has 3 heterocycles. The van der Waals surface area contributed by atoms with Crippen molar-refractivity contribution in [2.75, 3.05) is 24.6 Å². The number of para-hydroxylation sites is 1. The van der Waals surface area contributed by atoms with Crippen molar-refractivity contribution in [2.45, 2.75) is 63.9 Å². The zero-order valence-electron chi connectivity index (χ0n) is 25.7. The molecule has 0 aromatic heterocycles.